The molecule has 186 valence electrons. The number of benzene rings is 2. The zero-order valence-corrected chi connectivity index (χ0v) is 20.8. The van der Waals surface area contributed by atoms with Gasteiger partial charge in [0.25, 0.3) is 0 Å². The lowest BCUT2D eigenvalue weighted by molar-refractivity contribution is -0.140. The number of halogens is 1. The molecule has 2 aromatic carbocycles. The van der Waals surface area contributed by atoms with Crippen LogP contribution >= 0.6 is 0 Å². The summed E-state index contributed by atoms with van der Waals surface area (Å²) in [5.74, 6) is -0.604. The summed E-state index contributed by atoms with van der Waals surface area (Å²) in [6.07, 6.45) is 1.35. The highest BCUT2D eigenvalue weighted by Crippen LogP contribution is 2.30. The average Bonchev–Trinajstić information content (AvgIpc) is 2.80. The fraction of sp³-hybridized carbons (Fsp3) is 0.417. The third-order valence-electron chi connectivity index (χ3n) is 5.27. The van der Waals surface area contributed by atoms with Gasteiger partial charge in [0.15, 0.2) is 0 Å². The van der Waals surface area contributed by atoms with Gasteiger partial charge in [0.2, 0.25) is 21.8 Å². The topological polar surface area (TPSA) is 96.0 Å². The zero-order valence-electron chi connectivity index (χ0n) is 20.0. The van der Waals surface area contributed by atoms with Crippen molar-refractivity contribution in [2.24, 2.45) is 0 Å². The molecule has 8 nitrogen and oxygen atoms in total. The van der Waals surface area contributed by atoms with Gasteiger partial charge in [-0.3, -0.25) is 13.9 Å². The van der Waals surface area contributed by atoms with Crippen LogP contribution in [-0.4, -0.2) is 57.6 Å². The number of hydrogen-bond acceptors (Lipinski definition) is 5. The van der Waals surface area contributed by atoms with E-state index in [4.69, 9.17) is 4.74 Å². The third-order valence-corrected chi connectivity index (χ3v) is 6.45. The van der Waals surface area contributed by atoms with Gasteiger partial charge in [-0.2, -0.15) is 0 Å². The molecule has 10 heteroatoms. The van der Waals surface area contributed by atoms with Crippen LogP contribution in [0, 0.1) is 5.82 Å². The minimum Gasteiger partial charge on any atom is -0.492 e. The molecule has 0 aromatic heterocycles. The number of sulfonamides is 1. The van der Waals surface area contributed by atoms with Crippen molar-refractivity contribution in [3.8, 4) is 5.75 Å². The second-order valence-corrected chi connectivity index (χ2v) is 9.68. The number of para-hydroxylation sites is 2. The fourth-order valence-electron chi connectivity index (χ4n) is 3.50. The van der Waals surface area contributed by atoms with Crippen molar-refractivity contribution in [1.29, 1.82) is 0 Å². The molecule has 0 bridgehead atoms. The molecule has 2 aromatic rings. The van der Waals surface area contributed by atoms with E-state index in [1.165, 1.54) is 28.4 Å². The molecular formula is C24H32FN3O5S. The Kier molecular flexibility index (Phi) is 9.85. The Bertz CT molecular complexity index is 1080. The van der Waals surface area contributed by atoms with Crippen LogP contribution in [0.25, 0.3) is 0 Å². The Hall–Kier alpha value is -3.14. The number of rotatable bonds is 12. The van der Waals surface area contributed by atoms with Crippen LogP contribution in [0.2, 0.25) is 0 Å². The first-order chi connectivity index (χ1) is 16.1. The maximum Gasteiger partial charge on any atom is 0.242 e. The van der Waals surface area contributed by atoms with Crippen molar-refractivity contribution in [3.05, 3.63) is 59.9 Å². The molecule has 34 heavy (non-hydrogen) atoms. The number of nitrogens with zero attached hydrogens (tertiary/aromatic N) is 2. The van der Waals surface area contributed by atoms with E-state index in [0.717, 1.165) is 6.26 Å². The first-order valence-corrected chi connectivity index (χ1v) is 12.9. The molecule has 1 atom stereocenters. The number of amides is 2. The summed E-state index contributed by atoms with van der Waals surface area (Å²) in [5.41, 5.74) is 1.08. The van der Waals surface area contributed by atoms with Gasteiger partial charge in [-0.25, -0.2) is 12.8 Å². The van der Waals surface area contributed by atoms with Crippen molar-refractivity contribution >= 4 is 27.5 Å². The van der Waals surface area contributed by atoms with E-state index in [0.29, 0.717) is 23.6 Å². The lowest BCUT2D eigenvalue weighted by Gasteiger charge is -2.29. The average molecular weight is 494 g/mol. The van der Waals surface area contributed by atoms with Crippen molar-refractivity contribution in [2.45, 2.75) is 39.3 Å². The van der Waals surface area contributed by atoms with Crippen LogP contribution < -0.4 is 14.4 Å². The second kappa shape index (κ2) is 12.4. The summed E-state index contributed by atoms with van der Waals surface area (Å²) >= 11 is 0. The molecule has 0 fully saturated rings. The van der Waals surface area contributed by atoms with Gasteiger partial charge in [0, 0.05) is 26.6 Å². The van der Waals surface area contributed by atoms with Crippen molar-refractivity contribution in [3.63, 3.8) is 0 Å². The normalized spacial score (nSPS) is 12.0. The van der Waals surface area contributed by atoms with Crippen LogP contribution in [0.5, 0.6) is 5.75 Å². The van der Waals surface area contributed by atoms with E-state index < -0.39 is 21.9 Å². The molecule has 0 heterocycles. The van der Waals surface area contributed by atoms with Crippen LogP contribution in [0.1, 0.15) is 32.3 Å². The largest absolute Gasteiger partial charge is 0.492 e. The number of hydrogen-bond donors (Lipinski definition) is 1. The second-order valence-electron chi connectivity index (χ2n) is 7.78. The van der Waals surface area contributed by atoms with E-state index in [1.54, 1.807) is 43.3 Å². The van der Waals surface area contributed by atoms with E-state index in [9.17, 15) is 22.4 Å². The third kappa shape index (κ3) is 7.44. The summed E-state index contributed by atoms with van der Waals surface area (Å²) in [6, 6.07) is 11.8. The molecular weight excluding hydrogens is 461 g/mol. The van der Waals surface area contributed by atoms with Gasteiger partial charge in [0.1, 0.15) is 17.6 Å². The Balaban J connectivity index is 2.17. The minimum absolute atomic E-state index is 0.0192. The summed E-state index contributed by atoms with van der Waals surface area (Å²) in [7, 11) is -2.15. The molecule has 0 radical (unpaired) electrons. The predicted octanol–water partition coefficient (Wildman–Crippen LogP) is 2.93. The summed E-state index contributed by atoms with van der Waals surface area (Å²) in [4.78, 5) is 26.7. The number of carbonyl (C=O) groups excluding carboxylic acids is 2. The molecule has 1 N–H and O–H groups in total. The van der Waals surface area contributed by atoms with Crippen LogP contribution in [0.3, 0.4) is 0 Å². The highest BCUT2D eigenvalue weighted by Gasteiger charge is 2.26. The summed E-state index contributed by atoms with van der Waals surface area (Å²) in [6.45, 7) is 3.98. The summed E-state index contributed by atoms with van der Waals surface area (Å²) < 4.78 is 45.1. The highest BCUT2D eigenvalue weighted by atomic mass is 32.2. The molecule has 0 aliphatic rings. The Morgan fingerprint density at radius 1 is 1.12 bits per heavy atom. The molecule has 0 aliphatic heterocycles. The van der Waals surface area contributed by atoms with Gasteiger partial charge in [0.05, 0.1) is 18.6 Å². The molecule has 0 saturated carbocycles. The Labute approximate surface area is 200 Å². The number of carbonyl (C=O) groups is 2. The maximum absolute atomic E-state index is 13.3. The van der Waals surface area contributed by atoms with E-state index >= 15 is 0 Å². The minimum atomic E-state index is -3.63. The molecule has 0 saturated heterocycles. The lowest BCUT2D eigenvalue weighted by Crippen LogP contribution is -2.46. The number of likely N-dealkylation sites (N-methyl/N-ethyl adjacent to an activating group) is 1. The Morgan fingerprint density at radius 2 is 1.76 bits per heavy atom. The van der Waals surface area contributed by atoms with Crippen molar-refractivity contribution in [1.82, 2.24) is 10.2 Å². The van der Waals surface area contributed by atoms with Gasteiger partial charge in [-0.15, -0.1) is 0 Å². The zero-order chi connectivity index (χ0) is 25.3. The van der Waals surface area contributed by atoms with Crippen molar-refractivity contribution in [2.75, 3.05) is 30.8 Å². The fourth-order valence-corrected chi connectivity index (χ4v) is 4.47. The van der Waals surface area contributed by atoms with Gasteiger partial charge in [-0.1, -0.05) is 24.3 Å². The van der Waals surface area contributed by atoms with E-state index in [2.05, 4.69) is 5.32 Å². The maximum atomic E-state index is 13.3. The highest BCUT2D eigenvalue weighted by molar-refractivity contribution is 7.92. The standard InChI is InChI=1S/C24H32FN3O5S/c1-5-33-22-10-7-6-9-21(22)28(34(4,31)32)16-8-11-23(29)27(18(2)24(30)26-3)17-19-12-14-20(25)15-13-19/h6-7,9-10,12-15,18H,5,8,11,16-17H2,1-4H3,(H,26,30)/t18-/m0/s1. The van der Waals surface area contributed by atoms with Crippen molar-refractivity contribution < 1.29 is 27.1 Å². The van der Waals surface area contributed by atoms with Crippen LogP contribution in [0.4, 0.5) is 10.1 Å². The van der Waals surface area contributed by atoms with Gasteiger partial charge < -0.3 is 15.0 Å². The molecule has 2 amide bonds. The SMILES string of the molecule is CCOc1ccccc1N(CCCC(=O)N(Cc1ccc(F)cc1)[C@@H](C)C(=O)NC)S(C)(=O)=O. The van der Waals surface area contributed by atoms with Gasteiger partial charge in [-0.05, 0) is 50.1 Å². The quantitative estimate of drug-likeness (QED) is 0.491. The molecule has 2 rings (SSSR count). The lowest BCUT2D eigenvalue weighted by atomic mass is 10.1. The van der Waals surface area contributed by atoms with Crippen LogP contribution in [-0.2, 0) is 26.2 Å². The molecule has 0 aliphatic carbocycles. The molecule has 0 unspecified atom stereocenters. The smallest absolute Gasteiger partial charge is 0.242 e. The number of ether oxygens (including phenoxy) is 1. The Morgan fingerprint density at radius 3 is 2.35 bits per heavy atom. The summed E-state index contributed by atoms with van der Waals surface area (Å²) in [5, 5.41) is 2.53. The first-order valence-electron chi connectivity index (χ1n) is 11.0. The monoisotopic (exact) mass is 493 g/mol. The van der Waals surface area contributed by atoms with Crippen LogP contribution in [0.15, 0.2) is 48.5 Å². The van der Waals surface area contributed by atoms with E-state index in [-0.39, 0.29) is 37.7 Å². The first kappa shape index (κ1) is 27.1. The molecule has 0 spiro atoms. The van der Waals surface area contributed by atoms with E-state index in [1.807, 2.05) is 6.92 Å². The number of nitrogens with one attached hydrogen (secondary N) is 1. The van der Waals surface area contributed by atoms with Gasteiger partial charge >= 0.3 is 0 Å². The predicted molar refractivity (Wildman–Crippen MR) is 130 cm³/mol. The number of anilines is 1.